The number of rotatable bonds is 0. The van der Waals surface area contributed by atoms with Crippen molar-refractivity contribution in [3.05, 3.63) is 12.7 Å². The third-order valence-electron chi connectivity index (χ3n) is 1.32. The second-order valence-corrected chi connectivity index (χ2v) is 1.99. The molecule has 56 valence electrons. The van der Waals surface area contributed by atoms with Gasteiger partial charge in [0.05, 0.1) is 0 Å². The fraction of sp³-hybridized carbons (Fsp3) is 0. The maximum absolute atomic E-state index is 12.6. The Balaban J connectivity index is 2.94. The molecular weight excluding hydrogens is 149 g/mol. The van der Waals surface area contributed by atoms with Crippen LogP contribution >= 0.6 is 0 Å². The molecule has 0 atom stereocenters. The first kappa shape index (κ1) is 6.02. The second-order valence-electron chi connectivity index (χ2n) is 1.99. The van der Waals surface area contributed by atoms with E-state index in [4.69, 9.17) is 5.73 Å². The average Bonchev–Trinajstić information content (AvgIpc) is 2.35. The molecule has 0 radical (unpaired) electrons. The van der Waals surface area contributed by atoms with Crippen LogP contribution in [-0.2, 0) is 0 Å². The summed E-state index contributed by atoms with van der Waals surface area (Å²) in [5.74, 6) is 0.186. The van der Waals surface area contributed by atoms with E-state index in [1.54, 1.807) is 0 Å². The van der Waals surface area contributed by atoms with Gasteiger partial charge in [0.1, 0.15) is 12.7 Å². The van der Waals surface area contributed by atoms with Gasteiger partial charge in [0.2, 0.25) is 0 Å². The number of aromatic nitrogens is 4. The fourth-order valence-electron chi connectivity index (χ4n) is 0.826. The van der Waals surface area contributed by atoms with Gasteiger partial charge in [0.25, 0.3) is 0 Å². The third-order valence-corrected chi connectivity index (χ3v) is 1.32. The lowest BCUT2D eigenvalue weighted by molar-refractivity contribution is 0.381. The van der Waals surface area contributed by atoms with E-state index >= 15 is 0 Å². The Morgan fingerprint density at radius 3 is 2.91 bits per heavy atom. The average molecular weight is 153 g/mol. The van der Waals surface area contributed by atoms with E-state index < -0.39 is 0 Å². The van der Waals surface area contributed by atoms with Crippen LogP contribution in [0.2, 0.25) is 0 Å². The van der Waals surface area contributed by atoms with E-state index in [0.717, 1.165) is 6.33 Å². The lowest BCUT2D eigenvalue weighted by Gasteiger charge is -1.90. The number of hydrogen-bond acceptors (Lipinski definition) is 4. The SMILES string of the molecule is Nc1ncnc2c1ncn2F. The lowest BCUT2D eigenvalue weighted by atomic mass is 10.5. The summed E-state index contributed by atoms with van der Waals surface area (Å²) in [6.45, 7) is 0. The van der Waals surface area contributed by atoms with Crippen molar-refractivity contribution in [2.24, 2.45) is 0 Å². The fourth-order valence-corrected chi connectivity index (χ4v) is 0.826. The molecule has 0 aliphatic heterocycles. The van der Waals surface area contributed by atoms with Crippen molar-refractivity contribution in [2.45, 2.75) is 0 Å². The molecule has 11 heavy (non-hydrogen) atoms. The maximum Gasteiger partial charge on any atom is 0.195 e. The standard InChI is InChI=1S/C5H4FN5/c6-11-2-10-3-4(7)8-1-9-5(3)11/h1-2H,(H2,7,8,9). The van der Waals surface area contributed by atoms with E-state index in [9.17, 15) is 4.48 Å². The first-order valence-electron chi connectivity index (χ1n) is 2.88. The molecule has 0 unspecified atom stereocenters. The summed E-state index contributed by atoms with van der Waals surface area (Å²) in [5, 5.41) is 0. The van der Waals surface area contributed by atoms with Crippen molar-refractivity contribution in [1.82, 2.24) is 19.7 Å². The van der Waals surface area contributed by atoms with Crippen LogP contribution in [0.5, 0.6) is 0 Å². The van der Waals surface area contributed by atoms with E-state index in [1.807, 2.05) is 0 Å². The third kappa shape index (κ3) is 0.721. The zero-order valence-corrected chi connectivity index (χ0v) is 5.40. The predicted molar refractivity (Wildman–Crippen MR) is 36.2 cm³/mol. The van der Waals surface area contributed by atoms with Crippen molar-refractivity contribution in [3.63, 3.8) is 0 Å². The van der Waals surface area contributed by atoms with Crippen molar-refractivity contribution in [2.75, 3.05) is 5.73 Å². The van der Waals surface area contributed by atoms with Crippen LogP contribution in [0.15, 0.2) is 12.7 Å². The number of halogens is 1. The molecular formula is C5H4FN5. The molecule has 2 rings (SSSR count). The van der Waals surface area contributed by atoms with Crippen LogP contribution in [-0.4, -0.2) is 19.7 Å². The first-order valence-corrected chi connectivity index (χ1v) is 2.88. The smallest absolute Gasteiger partial charge is 0.195 e. The van der Waals surface area contributed by atoms with Crippen molar-refractivity contribution in [1.29, 1.82) is 0 Å². The summed E-state index contributed by atoms with van der Waals surface area (Å²) in [7, 11) is 0. The van der Waals surface area contributed by atoms with Crippen molar-refractivity contribution >= 4 is 17.0 Å². The number of anilines is 1. The van der Waals surface area contributed by atoms with Crippen LogP contribution in [0.1, 0.15) is 0 Å². The molecule has 2 aromatic heterocycles. The van der Waals surface area contributed by atoms with Gasteiger partial charge in [-0.3, -0.25) is 0 Å². The molecule has 2 N–H and O–H groups in total. The summed E-state index contributed by atoms with van der Waals surface area (Å²) >= 11 is 0. The molecule has 0 fully saturated rings. The van der Waals surface area contributed by atoms with E-state index in [0.29, 0.717) is 4.79 Å². The van der Waals surface area contributed by atoms with Gasteiger partial charge in [0, 0.05) is 0 Å². The molecule has 2 heterocycles. The highest BCUT2D eigenvalue weighted by atomic mass is 19.2. The van der Waals surface area contributed by atoms with E-state index in [2.05, 4.69) is 15.0 Å². The highest BCUT2D eigenvalue weighted by Crippen LogP contribution is 2.13. The van der Waals surface area contributed by atoms with Gasteiger partial charge in [-0.05, 0) is 0 Å². The van der Waals surface area contributed by atoms with Gasteiger partial charge in [-0.15, -0.1) is 4.79 Å². The normalized spacial score (nSPS) is 10.6. The van der Waals surface area contributed by atoms with Crippen LogP contribution in [0.3, 0.4) is 0 Å². The zero-order valence-electron chi connectivity index (χ0n) is 5.40. The summed E-state index contributed by atoms with van der Waals surface area (Å²) in [6, 6.07) is 0. The summed E-state index contributed by atoms with van der Waals surface area (Å²) in [6.07, 6.45) is 2.19. The number of nitrogen functional groups attached to an aromatic ring is 1. The Labute approximate surface area is 60.6 Å². The zero-order chi connectivity index (χ0) is 7.84. The molecule has 5 nitrogen and oxygen atoms in total. The number of imidazole rings is 1. The first-order chi connectivity index (χ1) is 5.29. The minimum Gasteiger partial charge on any atom is -0.382 e. The van der Waals surface area contributed by atoms with Crippen LogP contribution < -0.4 is 5.73 Å². The Hall–Kier alpha value is -1.72. The summed E-state index contributed by atoms with van der Waals surface area (Å²) < 4.78 is 12.6. The van der Waals surface area contributed by atoms with Gasteiger partial charge in [-0.1, -0.05) is 4.48 Å². The molecule has 0 aliphatic carbocycles. The topological polar surface area (TPSA) is 69.6 Å². The Kier molecular flexibility index (Phi) is 1.03. The molecule has 2 aromatic rings. The minimum atomic E-state index is 0.0949. The lowest BCUT2D eigenvalue weighted by Crippen LogP contribution is -1.93. The van der Waals surface area contributed by atoms with E-state index in [1.165, 1.54) is 6.33 Å². The molecule has 0 aromatic carbocycles. The van der Waals surface area contributed by atoms with Gasteiger partial charge in [-0.2, -0.15) is 0 Å². The van der Waals surface area contributed by atoms with Crippen LogP contribution in [0, 0.1) is 0 Å². The molecule has 0 spiro atoms. The number of hydrogen-bond donors (Lipinski definition) is 1. The maximum atomic E-state index is 12.6. The quantitative estimate of drug-likeness (QED) is 0.584. The van der Waals surface area contributed by atoms with Crippen LogP contribution in [0.4, 0.5) is 10.3 Å². The highest BCUT2D eigenvalue weighted by molar-refractivity contribution is 5.80. The van der Waals surface area contributed by atoms with Gasteiger partial charge < -0.3 is 5.73 Å². The highest BCUT2D eigenvalue weighted by Gasteiger charge is 2.05. The largest absolute Gasteiger partial charge is 0.382 e. The molecule has 0 saturated carbocycles. The molecule has 0 bridgehead atoms. The van der Waals surface area contributed by atoms with Gasteiger partial charge >= 0.3 is 0 Å². The molecule has 6 heteroatoms. The van der Waals surface area contributed by atoms with Crippen molar-refractivity contribution in [3.8, 4) is 0 Å². The number of nitrogens with zero attached hydrogens (tertiary/aromatic N) is 4. The van der Waals surface area contributed by atoms with E-state index in [-0.39, 0.29) is 17.0 Å². The number of nitrogens with two attached hydrogens (primary N) is 1. The summed E-state index contributed by atoms with van der Waals surface area (Å²) in [4.78, 5) is 11.2. The molecule has 0 aliphatic rings. The minimum absolute atomic E-state index is 0.0949. The molecule has 0 saturated heterocycles. The predicted octanol–water partition coefficient (Wildman–Crippen LogP) is 0.141. The Morgan fingerprint density at radius 2 is 2.18 bits per heavy atom. The van der Waals surface area contributed by atoms with Gasteiger partial charge in [0.15, 0.2) is 17.0 Å². The Morgan fingerprint density at radius 1 is 1.36 bits per heavy atom. The Bertz CT molecular complexity index is 395. The van der Waals surface area contributed by atoms with Crippen molar-refractivity contribution < 1.29 is 4.48 Å². The van der Waals surface area contributed by atoms with Gasteiger partial charge in [-0.25, -0.2) is 15.0 Å². The molecule has 0 amide bonds. The summed E-state index contributed by atoms with van der Waals surface area (Å²) in [5.41, 5.74) is 5.76. The number of fused-ring (bicyclic) bond motifs is 1. The van der Waals surface area contributed by atoms with Crippen LogP contribution in [0.25, 0.3) is 11.2 Å². The monoisotopic (exact) mass is 153 g/mol. The second kappa shape index (κ2) is 1.88.